The van der Waals surface area contributed by atoms with Crippen molar-refractivity contribution >= 4 is 58.3 Å². The minimum Gasteiger partial charge on any atom is -0.477 e. The van der Waals surface area contributed by atoms with E-state index in [9.17, 15) is 14.7 Å². The molecule has 5 rings (SSSR count). The SMILES string of the molecule is N#C[C@@H]1C[C@@H]1C(=S)NC1C(=O)N2C(C(=O)O)=C(CSc3cn4nnnc4cn3)CS[C@@H]12. The molecule has 1 saturated heterocycles. The van der Waals surface area contributed by atoms with E-state index in [0.717, 1.165) is 0 Å². The third kappa shape index (κ3) is 3.52. The van der Waals surface area contributed by atoms with E-state index in [2.05, 4.69) is 31.9 Å². The van der Waals surface area contributed by atoms with Crippen LogP contribution in [-0.2, 0) is 9.59 Å². The maximum atomic E-state index is 12.8. The van der Waals surface area contributed by atoms with Gasteiger partial charge in [-0.1, -0.05) is 12.2 Å². The molecular formula is C17H14N8O3S3. The maximum absolute atomic E-state index is 12.8. The van der Waals surface area contributed by atoms with Crippen molar-refractivity contribution < 1.29 is 14.7 Å². The van der Waals surface area contributed by atoms with Crippen LogP contribution in [-0.4, -0.2) is 74.8 Å². The van der Waals surface area contributed by atoms with Crippen molar-refractivity contribution in [2.75, 3.05) is 11.5 Å². The molecule has 4 heterocycles. The Kier molecular flexibility index (Phi) is 5.03. The fourth-order valence-corrected chi connectivity index (χ4v) is 6.28. The zero-order valence-corrected chi connectivity index (χ0v) is 18.2. The first-order chi connectivity index (χ1) is 15.0. The van der Waals surface area contributed by atoms with Gasteiger partial charge in [-0.25, -0.2) is 9.78 Å². The number of carboxylic acids is 1. The number of aromatic nitrogens is 5. The zero-order valence-electron chi connectivity index (χ0n) is 15.7. The Morgan fingerprint density at radius 2 is 2.35 bits per heavy atom. The number of tetrazole rings is 1. The van der Waals surface area contributed by atoms with Crippen molar-refractivity contribution in [2.45, 2.75) is 22.9 Å². The number of amides is 1. The van der Waals surface area contributed by atoms with Crippen LogP contribution in [0.2, 0.25) is 0 Å². The van der Waals surface area contributed by atoms with E-state index in [1.165, 1.54) is 39.1 Å². The van der Waals surface area contributed by atoms with Crippen molar-refractivity contribution in [3.05, 3.63) is 23.7 Å². The summed E-state index contributed by atoms with van der Waals surface area (Å²) in [6.07, 6.45) is 3.91. The first kappa shape index (κ1) is 20.2. The monoisotopic (exact) mass is 474 g/mol. The van der Waals surface area contributed by atoms with E-state index in [0.29, 0.717) is 39.2 Å². The lowest BCUT2D eigenvalue weighted by Crippen LogP contribution is -2.70. The van der Waals surface area contributed by atoms with Crippen LogP contribution in [0.25, 0.3) is 5.65 Å². The van der Waals surface area contributed by atoms with Crippen LogP contribution in [0.15, 0.2) is 28.7 Å². The quantitative estimate of drug-likeness (QED) is 0.337. The van der Waals surface area contributed by atoms with E-state index in [1.807, 2.05) is 0 Å². The smallest absolute Gasteiger partial charge is 0.352 e. The molecule has 0 spiro atoms. The molecule has 3 aliphatic rings. The minimum absolute atomic E-state index is 0.0121. The molecule has 2 aromatic rings. The number of carboxylic acid groups (broad SMARTS) is 1. The van der Waals surface area contributed by atoms with Crippen molar-refractivity contribution in [3.63, 3.8) is 0 Å². The number of rotatable bonds is 6. The van der Waals surface area contributed by atoms with Crippen molar-refractivity contribution in [1.29, 1.82) is 5.26 Å². The zero-order chi connectivity index (χ0) is 21.7. The highest BCUT2D eigenvalue weighted by Gasteiger charge is 2.55. The molecule has 2 aliphatic heterocycles. The number of nitrogens with one attached hydrogen (secondary N) is 1. The minimum atomic E-state index is -1.13. The average Bonchev–Trinajstić information content (AvgIpc) is 3.42. The van der Waals surface area contributed by atoms with Gasteiger partial charge in [-0.05, 0) is 22.4 Å². The van der Waals surface area contributed by atoms with Gasteiger partial charge in [-0.15, -0.1) is 28.6 Å². The summed E-state index contributed by atoms with van der Waals surface area (Å²) >= 11 is 8.19. The van der Waals surface area contributed by atoms with Crippen molar-refractivity contribution in [2.24, 2.45) is 11.8 Å². The number of thioether (sulfide) groups is 2. The number of nitriles is 1. The summed E-state index contributed by atoms with van der Waals surface area (Å²) in [5, 5.41) is 33.3. The summed E-state index contributed by atoms with van der Waals surface area (Å²) in [7, 11) is 0. The Bertz CT molecular complexity index is 1190. The summed E-state index contributed by atoms with van der Waals surface area (Å²) in [6, 6.07) is 1.61. The van der Waals surface area contributed by atoms with Gasteiger partial charge in [0.15, 0.2) is 5.65 Å². The molecule has 2 aromatic heterocycles. The van der Waals surface area contributed by atoms with Gasteiger partial charge in [0.05, 0.1) is 29.4 Å². The Morgan fingerprint density at radius 1 is 1.52 bits per heavy atom. The van der Waals surface area contributed by atoms with E-state index in [4.69, 9.17) is 17.5 Å². The summed E-state index contributed by atoms with van der Waals surface area (Å²) in [5.41, 5.74) is 1.19. The summed E-state index contributed by atoms with van der Waals surface area (Å²) in [4.78, 5) is 30.9. The Morgan fingerprint density at radius 3 is 3.10 bits per heavy atom. The Labute approximate surface area is 189 Å². The van der Waals surface area contributed by atoms with E-state index in [1.54, 1.807) is 6.20 Å². The second-order valence-corrected chi connectivity index (χ2v) is 9.77. The summed E-state index contributed by atoms with van der Waals surface area (Å²) < 4.78 is 1.49. The fraction of sp³-hybridized carbons (Fsp3) is 0.412. The van der Waals surface area contributed by atoms with Gasteiger partial charge in [0.2, 0.25) is 0 Å². The molecule has 0 radical (unpaired) electrons. The van der Waals surface area contributed by atoms with Crippen LogP contribution in [0.1, 0.15) is 6.42 Å². The molecule has 1 unspecified atom stereocenters. The highest BCUT2D eigenvalue weighted by Crippen LogP contribution is 2.43. The van der Waals surface area contributed by atoms with Gasteiger partial charge in [-0.3, -0.25) is 9.69 Å². The van der Waals surface area contributed by atoms with Crippen molar-refractivity contribution in [1.82, 2.24) is 35.2 Å². The second-order valence-electron chi connectivity index (χ2n) is 7.23. The standard InChI is InChI=1S/C17H14N8O3S3/c18-2-7-1-9(7)14(29)20-12-15(26)25-13(17(27)28)8(6-31-16(12)25)5-30-11-4-24-10(3-19-11)21-22-23-24/h3-4,7,9,12,16H,1,5-6H2,(H,20,29)(H,27,28)/t7-,9-,12?,16-/m0/s1. The highest BCUT2D eigenvalue weighted by molar-refractivity contribution is 8.01. The molecule has 2 fully saturated rings. The number of aliphatic carboxylic acids is 1. The molecule has 2 N–H and O–H groups in total. The predicted molar refractivity (Wildman–Crippen MR) is 114 cm³/mol. The Hall–Kier alpha value is -2.76. The topological polar surface area (TPSA) is 149 Å². The molecule has 158 valence electrons. The number of carbonyl (C=O) groups is 2. The molecule has 31 heavy (non-hydrogen) atoms. The van der Waals surface area contributed by atoms with Gasteiger partial charge < -0.3 is 10.4 Å². The molecular weight excluding hydrogens is 460 g/mol. The number of β-lactam (4-membered cyclic amide) rings is 1. The van der Waals surface area contributed by atoms with Crippen molar-refractivity contribution in [3.8, 4) is 6.07 Å². The van der Waals surface area contributed by atoms with Gasteiger partial charge in [-0.2, -0.15) is 9.78 Å². The first-order valence-corrected chi connectivity index (χ1v) is 11.7. The molecule has 1 saturated carbocycles. The Balaban J connectivity index is 1.29. The molecule has 4 atom stereocenters. The van der Waals surface area contributed by atoms with Gasteiger partial charge in [0.25, 0.3) is 5.91 Å². The third-order valence-electron chi connectivity index (χ3n) is 5.29. The summed E-state index contributed by atoms with van der Waals surface area (Å²) in [6.45, 7) is 0. The lowest BCUT2D eigenvalue weighted by molar-refractivity contribution is -0.148. The molecule has 11 nitrogen and oxygen atoms in total. The van der Waals surface area contributed by atoms with Crippen LogP contribution >= 0.6 is 35.7 Å². The molecule has 0 bridgehead atoms. The van der Waals surface area contributed by atoms with Crippen LogP contribution < -0.4 is 5.32 Å². The number of thiocarbonyl (C=S) groups is 1. The van der Waals surface area contributed by atoms with Gasteiger partial charge in [0, 0.05) is 17.4 Å². The second kappa shape index (κ2) is 7.74. The van der Waals surface area contributed by atoms with Crippen LogP contribution in [0, 0.1) is 23.2 Å². The normalized spacial score (nSPS) is 26.8. The molecule has 14 heteroatoms. The maximum Gasteiger partial charge on any atom is 0.352 e. The van der Waals surface area contributed by atoms with E-state index in [-0.39, 0.29) is 28.8 Å². The predicted octanol–water partition coefficient (Wildman–Crippen LogP) is 0.310. The van der Waals surface area contributed by atoms with Crippen LogP contribution in [0.4, 0.5) is 0 Å². The number of hydrogen-bond acceptors (Lipinski definition) is 10. The van der Waals surface area contributed by atoms with Gasteiger partial charge >= 0.3 is 5.97 Å². The molecule has 1 aliphatic carbocycles. The highest BCUT2D eigenvalue weighted by atomic mass is 32.2. The number of hydrogen-bond donors (Lipinski definition) is 2. The lowest BCUT2D eigenvalue weighted by Gasteiger charge is -2.49. The first-order valence-electron chi connectivity index (χ1n) is 9.24. The van der Waals surface area contributed by atoms with Gasteiger partial charge in [0.1, 0.15) is 22.1 Å². The summed E-state index contributed by atoms with van der Waals surface area (Å²) in [5.74, 6) is -0.709. The molecule has 0 aromatic carbocycles. The average molecular weight is 475 g/mol. The van der Waals surface area contributed by atoms with E-state index >= 15 is 0 Å². The number of nitrogens with zero attached hydrogens (tertiary/aromatic N) is 7. The van der Waals surface area contributed by atoms with Crippen LogP contribution in [0.5, 0.6) is 0 Å². The third-order valence-corrected chi connectivity index (χ3v) is 8.05. The van der Waals surface area contributed by atoms with Crippen LogP contribution in [0.3, 0.4) is 0 Å². The number of carbonyl (C=O) groups excluding carboxylic acids is 1. The largest absolute Gasteiger partial charge is 0.477 e. The van der Waals surface area contributed by atoms with E-state index < -0.39 is 12.0 Å². The molecule has 1 amide bonds. The number of fused-ring (bicyclic) bond motifs is 2. The lowest BCUT2D eigenvalue weighted by atomic mass is 10.0. The fourth-order valence-electron chi connectivity index (χ4n) is 3.55.